The lowest BCUT2D eigenvalue weighted by Gasteiger charge is -2.26. The molecule has 0 atom stereocenters. The Kier molecular flexibility index (Phi) is 6.47. The number of nitrogens with one attached hydrogen (secondary N) is 1. The smallest absolute Gasteiger partial charge is 0.255 e. The summed E-state index contributed by atoms with van der Waals surface area (Å²) in [6.45, 7) is 3.32. The fraction of sp³-hybridized carbons (Fsp3) is 0.391. The molecule has 1 amide bonds. The minimum Gasteiger partial charge on any atom is -0.467 e. The van der Waals surface area contributed by atoms with E-state index >= 15 is 0 Å². The summed E-state index contributed by atoms with van der Waals surface area (Å²) in [5.74, 6) is 2.05. The van der Waals surface area contributed by atoms with Crippen LogP contribution < -0.4 is 10.2 Å². The number of nitrogens with zero attached hydrogens (tertiary/aromatic N) is 2. The molecule has 4 heterocycles. The van der Waals surface area contributed by atoms with Gasteiger partial charge in [-0.3, -0.25) is 4.79 Å². The summed E-state index contributed by atoms with van der Waals surface area (Å²) in [7, 11) is 0. The first-order valence-electron chi connectivity index (χ1n) is 10.8. The lowest BCUT2D eigenvalue weighted by Crippen LogP contribution is -2.36. The molecule has 0 aromatic carbocycles. The molecule has 0 saturated carbocycles. The van der Waals surface area contributed by atoms with Crippen molar-refractivity contribution in [1.82, 2.24) is 5.32 Å². The second kappa shape index (κ2) is 9.64. The van der Waals surface area contributed by atoms with Gasteiger partial charge in [0.2, 0.25) is 5.88 Å². The van der Waals surface area contributed by atoms with Gasteiger partial charge in [-0.05, 0) is 59.3 Å². The molecule has 1 aliphatic carbocycles. The van der Waals surface area contributed by atoms with E-state index < -0.39 is 0 Å². The number of furan rings is 2. The molecule has 5 rings (SSSR count). The second-order valence-electron chi connectivity index (χ2n) is 7.81. The predicted molar refractivity (Wildman–Crippen MR) is 128 cm³/mol. The number of fused-ring (bicyclic) bond motifs is 1. The van der Waals surface area contributed by atoms with Gasteiger partial charge >= 0.3 is 0 Å². The third-order valence-electron chi connectivity index (χ3n) is 5.68. The van der Waals surface area contributed by atoms with Crippen LogP contribution in [0.15, 0.2) is 42.8 Å². The molecule has 7 nitrogen and oxygen atoms in total. The fourth-order valence-corrected chi connectivity index (χ4v) is 5.88. The molecule has 0 spiro atoms. The van der Waals surface area contributed by atoms with Gasteiger partial charge in [-0.2, -0.15) is 0 Å². The third-order valence-corrected chi connectivity index (χ3v) is 7.45. The molecule has 1 N–H and O–H groups in total. The van der Waals surface area contributed by atoms with Gasteiger partial charge in [0.25, 0.3) is 5.91 Å². The van der Waals surface area contributed by atoms with Crippen molar-refractivity contribution in [3.63, 3.8) is 0 Å². The SMILES string of the molecule is O=C(NCc1ccco1)c1c(N=Cc2cc(Br)c(N3CCOCC3)o2)sc2c1CCCC2. The van der Waals surface area contributed by atoms with Crippen LogP contribution in [0, 0.1) is 0 Å². The van der Waals surface area contributed by atoms with Crippen molar-refractivity contribution in [3.8, 4) is 0 Å². The van der Waals surface area contributed by atoms with E-state index in [1.807, 2.05) is 18.2 Å². The summed E-state index contributed by atoms with van der Waals surface area (Å²) in [5.41, 5.74) is 1.83. The van der Waals surface area contributed by atoms with Gasteiger partial charge < -0.3 is 23.8 Å². The number of aliphatic imine (C=N–C) groups is 1. The highest BCUT2D eigenvalue weighted by Gasteiger charge is 2.25. The van der Waals surface area contributed by atoms with E-state index in [0.717, 1.165) is 65.5 Å². The number of amides is 1. The van der Waals surface area contributed by atoms with Crippen molar-refractivity contribution < 1.29 is 18.4 Å². The van der Waals surface area contributed by atoms with Crippen molar-refractivity contribution in [1.29, 1.82) is 0 Å². The van der Waals surface area contributed by atoms with Crippen LogP contribution in [0.2, 0.25) is 0 Å². The normalized spacial score (nSPS) is 16.5. The third kappa shape index (κ3) is 4.55. The zero-order valence-corrected chi connectivity index (χ0v) is 20.0. The molecular weight excluding hydrogens is 494 g/mol. The Morgan fingerprint density at radius 3 is 2.94 bits per heavy atom. The van der Waals surface area contributed by atoms with Gasteiger partial charge in [-0.15, -0.1) is 11.3 Å². The van der Waals surface area contributed by atoms with Crippen molar-refractivity contribution in [2.75, 3.05) is 31.2 Å². The molecule has 1 aliphatic heterocycles. The van der Waals surface area contributed by atoms with E-state index in [2.05, 4.69) is 26.1 Å². The van der Waals surface area contributed by atoms with E-state index in [0.29, 0.717) is 31.1 Å². The Morgan fingerprint density at radius 1 is 1.28 bits per heavy atom. The van der Waals surface area contributed by atoms with E-state index in [4.69, 9.17) is 18.6 Å². The average Bonchev–Trinajstić information content (AvgIpc) is 3.55. The first-order valence-corrected chi connectivity index (χ1v) is 12.4. The topological polar surface area (TPSA) is 80.2 Å². The quantitative estimate of drug-likeness (QED) is 0.460. The number of ether oxygens (including phenoxy) is 1. The molecule has 32 heavy (non-hydrogen) atoms. The van der Waals surface area contributed by atoms with Crippen LogP contribution in [0.25, 0.3) is 0 Å². The number of aryl methyl sites for hydroxylation is 1. The van der Waals surface area contributed by atoms with Gasteiger partial charge in [-0.1, -0.05) is 0 Å². The van der Waals surface area contributed by atoms with Crippen LogP contribution in [0.3, 0.4) is 0 Å². The maximum absolute atomic E-state index is 13.1. The molecule has 1 saturated heterocycles. The van der Waals surface area contributed by atoms with Gasteiger partial charge in [0, 0.05) is 24.0 Å². The number of hydrogen-bond acceptors (Lipinski definition) is 7. The molecule has 168 valence electrons. The van der Waals surface area contributed by atoms with Crippen molar-refractivity contribution >= 4 is 50.3 Å². The number of carbonyl (C=O) groups excluding carboxylic acids is 1. The van der Waals surface area contributed by atoms with Gasteiger partial charge in [0.05, 0.1) is 42.3 Å². The fourth-order valence-electron chi connectivity index (χ4n) is 4.09. The summed E-state index contributed by atoms with van der Waals surface area (Å²) in [5, 5.41) is 3.71. The Bertz CT molecular complexity index is 1110. The molecule has 0 radical (unpaired) electrons. The summed E-state index contributed by atoms with van der Waals surface area (Å²) in [6, 6.07) is 5.58. The van der Waals surface area contributed by atoms with Crippen LogP contribution in [0.5, 0.6) is 0 Å². The van der Waals surface area contributed by atoms with Crippen LogP contribution in [0.1, 0.15) is 45.2 Å². The Balaban J connectivity index is 1.39. The molecule has 1 fully saturated rings. The zero-order chi connectivity index (χ0) is 21.9. The highest BCUT2D eigenvalue weighted by atomic mass is 79.9. The van der Waals surface area contributed by atoms with E-state index in [9.17, 15) is 4.79 Å². The lowest BCUT2D eigenvalue weighted by molar-refractivity contribution is 0.0948. The molecule has 9 heteroatoms. The number of anilines is 1. The average molecular weight is 518 g/mol. The van der Waals surface area contributed by atoms with E-state index in [1.165, 1.54) is 4.88 Å². The summed E-state index contributed by atoms with van der Waals surface area (Å²) in [6.07, 6.45) is 7.48. The number of rotatable bonds is 6. The summed E-state index contributed by atoms with van der Waals surface area (Å²) in [4.78, 5) is 21.2. The van der Waals surface area contributed by atoms with Gasteiger partial charge in [0.15, 0.2) is 0 Å². The molecular formula is C23H24BrN3O4S. The Morgan fingerprint density at radius 2 is 2.12 bits per heavy atom. The zero-order valence-electron chi connectivity index (χ0n) is 17.6. The van der Waals surface area contributed by atoms with Crippen LogP contribution in [-0.2, 0) is 24.1 Å². The summed E-state index contributed by atoms with van der Waals surface area (Å²) < 4.78 is 17.7. The van der Waals surface area contributed by atoms with Gasteiger partial charge in [0.1, 0.15) is 16.5 Å². The number of hydrogen-bond donors (Lipinski definition) is 1. The van der Waals surface area contributed by atoms with Crippen LogP contribution in [0.4, 0.5) is 10.9 Å². The largest absolute Gasteiger partial charge is 0.467 e. The number of thiophene rings is 1. The number of morpholine rings is 1. The van der Waals surface area contributed by atoms with Gasteiger partial charge in [-0.25, -0.2) is 4.99 Å². The molecule has 0 bridgehead atoms. The van der Waals surface area contributed by atoms with Crippen molar-refractivity contribution in [2.45, 2.75) is 32.2 Å². The van der Waals surface area contributed by atoms with E-state index in [-0.39, 0.29) is 5.91 Å². The highest BCUT2D eigenvalue weighted by Crippen LogP contribution is 2.40. The minimum absolute atomic E-state index is 0.109. The second-order valence-corrected chi connectivity index (χ2v) is 9.75. The minimum atomic E-state index is -0.109. The number of halogens is 1. The Hall–Kier alpha value is -2.36. The molecule has 3 aromatic rings. The van der Waals surface area contributed by atoms with Crippen molar-refractivity contribution in [2.24, 2.45) is 4.99 Å². The summed E-state index contributed by atoms with van der Waals surface area (Å²) >= 11 is 5.20. The molecule has 3 aromatic heterocycles. The molecule has 2 aliphatic rings. The van der Waals surface area contributed by atoms with E-state index in [1.54, 1.807) is 23.8 Å². The van der Waals surface area contributed by atoms with Crippen molar-refractivity contribution in [3.05, 3.63) is 56.5 Å². The maximum Gasteiger partial charge on any atom is 0.255 e. The maximum atomic E-state index is 13.1. The van der Waals surface area contributed by atoms with Crippen LogP contribution >= 0.6 is 27.3 Å². The monoisotopic (exact) mass is 517 g/mol. The molecule has 0 unspecified atom stereocenters. The van der Waals surface area contributed by atoms with Crippen LogP contribution in [-0.4, -0.2) is 38.4 Å². The highest BCUT2D eigenvalue weighted by molar-refractivity contribution is 9.10. The lowest BCUT2D eigenvalue weighted by atomic mass is 9.95. The number of carbonyl (C=O) groups is 1. The predicted octanol–water partition coefficient (Wildman–Crippen LogP) is 5.09. The Labute approximate surface area is 198 Å². The standard InChI is InChI=1S/C23H24BrN3O4S/c24-18-12-16(31-23(18)27-7-10-29-11-8-27)14-26-22-20(17-5-1-2-6-19(17)32-22)21(28)25-13-15-4-3-9-30-15/h3-4,9,12,14H,1-2,5-8,10-11,13H2,(H,25,28). The first kappa shape index (κ1) is 21.5. The first-order chi connectivity index (χ1) is 15.7.